The van der Waals surface area contributed by atoms with Gasteiger partial charge in [-0.25, -0.2) is 4.68 Å². The SMILES string of the molecule is Nn1c(SCc2nc(-c3ccc(Cl)cc3)no2)nnc1-c1ccc(Cl)cc1Cl. The molecule has 2 heterocycles. The molecular weight excluding hydrogens is 443 g/mol. The Kier molecular flexibility index (Phi) is 5.45. The Morgan fingerprint density at radius 2 is 1.75 bits per heavy atom. The van der Waals surface area contributed by atoms with Gasteiger partial charge in [0.2, 0.25) is 16.9 Å². The molecule has 2 aromatic heterocycles. The maximum atomic E-state index is 6.22. The highest BCUT2D eigenvalue weighted by Gasteiger charge is 2.17. The standard InChI is InChI=1S/C17H11Cl3N6OS/c18-10-3-1-9(2-4-10)15-22-14(27-25-15)8-28-17-24-23-16(26(17)21)12-6-5-11(19)7-13(12)20/h1-7H,8,21H2. The van der Waals surface area contributed by atoms with Gasteiger partial charge in [-0.3, -0.25) is 0 Å². The van der Waals surface area contributed by atoms with Crippen LogP contribution in [0.4, 0.5) is 0 Å². The van der Waals surface area contributed by atoms with E-state index in [2.05, 4.69) is 20.3 Å². The summed E-state index contributed by atoms with van der Waals surface area (Å²) in [4.78, 5) is 4.37. The Morgan fingerprint density at radius 3 is 2.50 bits per heavy atom. The largest absolute Gasteiger partial charge is 0.338 e. The first-order valence-corrected chi connectivity index (χ1v) is 10.0. The molecule has 4 rings (SSSR count). The molecule has 2 N–H and O–H groups in total. The Bertz CT molecular complexity index is 1130. The molecule has 0 aliphatic rings. The minimum Gasteiger partial charge on any atom is -0.338 e. The van der Waals surface area contributed by atoms with E-state index in [4.69, 9.17) is 45.2 Å². The van der Waals surface area contributed by atoms with Crippen molar-refractivity contribution in [1.82, 2.24) is 25.0 Å². The van der Waals surface area contributed by atoms with E-state index in [1.807, 2.05) is 12.1 Å². The number of thioether (sulfide) groups is 1. The highest BCUT2D eigenvalue weighted by Crippen LogP contribution is 2.31. The summed E-state index contributed by atoms with van der Waals surface area (Å²) < 4.78 is 6.64. The molecule has 142 valence electrons. The molecule has 0 aliphatic heterocycles. The van der Waals surface area contributed by atoms with E-state index in [1.165, 1.54) is 16.4 Å². The van der Waals surface area contributed by atoms with Gasteiger partial charge in [-0.2, -0.15) is 4.98 Å². The van der Waals surface area contributed by atoms with Crippen LogP contribution in [0.5, 0.6) is 0 Å². The van der Waals surface area contributed by atoms with Crippen molar-refractivity contribution in [1.29, 1.82) is 0 Å². The first kappa shape index (κ1) is 19.1. The van der Waals surface area contributed by atoms with Gasteiger partial charge in [0, 0.05) is 21.2 Å². The minimum atomic E-state index is 0.379. The third kappa shape index (κ3) is 3.95. The number of hydrogen-bond donors (Lipinski definition) is 1. The molecule has 0 saturated heterocycles. The van der Waals surface area contributed by atoms with Crippen molar-refractivity contribution in [2.24, 2.45) is 0 Å². The summed E-state index contributed by atoms with van der Waals surface area (Å²) in [5.41, 5.74) is 1.45. The summed E-state index contributed by atoms with van der Waals surface area (Å²) >= 11 is 19.4. The van der Waals surface area contributed by atoms with E-state index in [0.717, 1.165) is 5.56 Å². The Labute approximate surface area is 178 Å². The molecule has 0 spiro atoms. The lowest BCUT2D eigenvalue weighted by molar-refractivity contribution is 0.391. The van der Waals surface area contributed by atoms with Crippen LogP contribution in [-0.4, -0.2) is 25.0 Å². The van der Waals surface area contributed by atoms with Gasteiger partial charge in [0.25, 0.3) is 0 Å². The number of aromatic nitrogens is 5. The zero-order valence-electron chi connectivity index (χ0n) is 14.0. The molecular formula is C17H11Cl3N6OS. The average Bonchev–Trinajstić information content (AvgIpc) is 3.28. The van der Waals surface area contributed by atoms with Gasteiger partial charge in [0.15, 0.2) is 5.82 Å². The van der Waals surface area contributed by atoms with Gasteiger partial charge in [0.1, 0.15) is 0 Å². The van der Waals surface area contributed by atoms with E-state index in [0.29, 0.717) is 49.1 Å². The molecule has 0 radical (unpaired) electrons. The van der Waals surface area contributed by atoms with Crippen LogP contribution >= 0.6 is 46.6 Å². The van der Waals surface area contributed by atoms with Crippen LogP contribution in [0.2, 0.25) is 15.1 Å². The van der Waals surface area contributed by atoms with Crippen molar-refractivity contribution in [2.45, 2.75) is 10.9 Å². The normalized spacial score (nSPS) is 11.1. The molecule has 7 nitrogen and oxygen atoms in total. The fourth-order valence-electron chi connectivity index (χ4n) is 2.39. The van der Waals surface area contributed by atoms with Crippen LogP contribution in [0.25, 0.3) is 22.8 Å². The Morgan fingerprint density at radius 1 is 1.00 bits per heavy atom. The van der Waals surface area contributed by atoms with Crippen molar-refractivity contribution in [2.75, 3.05) is 5.84 Å². The summed E-state index contributed by atoms with van der Waals surface area (Å²) in [6.07, 6.45) is 0. The van der Waals surface area contributed by atoms with Gasteiger partial charge in [0.05, 0.1) is 10.8 Å². The van der Waals surface area contributed by atoms with Crippen LogP contribution in [0.15, 0.2) is 52.1 Å². The van der Waals surface area contributed by atoms with Crippen molar-refractivity contribution in [3.8, 4) is 22.8 Å². The smallest absolute Gasteiger partial charge is 0.237 e. The number of hydrogen-bond acceptors (Lipinski definition) is 7. The van der Waals surface area contributed by atoms with Crippen molar-refractivity contribution in [3.63, 3.8) is 0 Å². The summed E-state index contributed by atoms with van der Waals surface area (Å²) in [7, 11) is 0. The van der Waals surface area contributed by atoms with Gasteiger partial charge in [-0.1, -0.05) is 51.7 Å². The van der Waals surface area contributed by atoms with E-state index in [-0.39, 0.29) is 0 Å². The van der Waals surface area contributed by atoms with Gasteiger partial charge < -0.3 is 10.4 Å². The zero-order valence-corrected chi connectivity index (χ0v) is 17.1. The van der Waals surface area contributed by atoms with Crippen molar-refractivity contribution >= 4 is 46.6 Å². The number of nitrogens with two attached hydrogens (primary N) is 1. The fraction of sp³-hybridized carbons (Fsp3) is 0.0588. The van der Waals surface area contributed by atoms with Gasteiger partial charge >= 0.3 is 0 Å². The second-order valence-corrected chi connectivity index (χ2v) is 7.83. The predicted molar refractivity (Wildman–Crippen MR) is 110 cm³/mol. The molecule has 0 unspecified atom stereocenters. The third-order valence-electron chi connectivity index (χ3n) is 3.73. The molecule has 0 saturated carbocycles. The van der Waals surface area contributed by atoms with E-state index in [1.54, 1.807) is 30.3 Å². The number of rotatable bonds is 5. The lowest BCUT2D eigenvalue weighted by atomic mass is 10.2. The molecule has 2 aromatic carbocycles. The summed E-state index contributed by atoms with van der Waals surface area (Å²) in [5.74, 6) is 7.84. The minimum absolute atomic E-state index is 0.379. The molecule has 4 aromatic rings. The first-order valence-electron chi connectivity index (χ1n) is 7.88. The summed E-state index contributed by atoms with van der Waals surface area (Å²) in [5, 5.41) is 14.3. The molecule has 0 aliphatic carbocycles. The monoisotopic (exact) mass is 452 g/mol. The Balaban J connectivity index is 1.49. The maximum Gasteiger partial charge on any atom is 0.237 e. The van der Waals surface area contributed by atoms with Gasteiger partial charge in [-0.05, 0) is 42.5 Å². The lowest BCUT2D eigenvalue weighted by Gasteiger charge is -2.05. The van der Waals surface area contributed by atoms with Crippen LogP contribution in [0.1, 0.15) is 5.89 Å². The number of halogens is 3. The Hall–Kier alpha value is -2.26. The van der Waals surface area contributed by atoms with E-state index in [9.17, 15) is 0 Å². The lowest BCUT2D eigenvalue weighted by Crippen LogP contribution is -2.11. The topological polar surface area (TPSA) is 95.7 Å². The highest BCUT2D eigenvalue weighted by molar-refractivity contribution is 7.98. The molecule has 0 fully saturated rings. The third-order valence-corrected chi connectivity index (χ3v) is 5.46. The van der Waals surface area contributed by atoms with Gasteiger partial charge in [-0.15, -0.1) is 10.2 Å². The molecule has 0 atom stereocenters. The second-order valence-electron chi connectivity index (χ2n) is 5.61. The molecule has 0 amide bonds. The summed E-state index contributed by atoms with van der Waals surface area (Å²) in [6, 6.07) is 12.2. The molecule has 0 bridgehead atoms. The van der Waals surface area contributed by atoms with E-state index >= 15 is 0 Å². The zero-order chi connectivity index (χ0) is 19.7. The fourth-order valence-corrected chi connectivity index (χ4v) is 3.70. The van der Waals surface area contributed by atoms with Crippen molar-refractivity contribution in [3.05, 3.63) is 63.4 Å². The van der Waals surface area contributed by atoms with Crippen molar-refractivity contribution < 1.29 is 4.52 Å². The van der Waals surface area contributed by atoms with E-state index < -0.39 is 0 Å². The highest BCUT2D eigenvalue weighted by atomic mass is 35.5. The average molecular weight is 454 g/mol. The number of nitrogens with zero attached hydrogens (tertiary/aromatic N) is 5. The second kappa shape index (κ2) is 8.00. The molecule has 28 heavy (non-hydrogen) atoms. The number of nitrogen functional groups attached to an aromatic ring is 1. The predicted octanol–water partition coefficient (Wildman–Crippen LogP) is 4.96. The number of benzene rings is 2. The molecule has 11 heteroatoms. The van der Waals surface area contributed by atoms with Crippen LogP contribution in [-0.2, 0) is 5.75 Å². The van der Waals surface area contributed by atoms with Crippen LogP contribution in [0.3, 0.4) is 0 Å². The first-order chi connectivity index (χ1) is 13.5. The quantitative estimate of drug-likeness (QED) is 0.337. The van der Waals surface area contributed by atoms with Crippen LogP contribution < -0.4 is 5.84 Å². The van der Waals surface area contributed by atoms with Crippen LogP contribution in [0, 0.1) is 0 Å². The summed E-state index contributed by atoms with van der Waals surface area (Å²) in [6.45, 7) is 0. The maximum absolute atomic E-state index is 6.22.